The normalized spacial score (nSPS) is 22.9. The zero-order chi connectivity index (χ0) is 13.3. The third-order valence-corrected chi connectivity index (χ3v) is 4.98. The lowest BCUT2D eigenvalue weighted by Crippen LogP contribution is -2.21. The first-order chi connectivity index (χ1) is 8.45. The van der Waals surface area contributed by atoms with Gasteiger partial charge in [0.15, 0.2) is 0 Å². The summed E-state index contributed by atoms with van der Waals surface area (Å²) in [4.78, 5) is 0. The first kappa shape index (κ1) is 13.6. The van der Waals surface area contributed by atoms with E-state index in [2.05, 4.69) is 33.9 Å². The molecular formula is C18H28. The summed E-state index contributed by atoms with van der Waals surface area (Å²) in [6, 6.07) is 0. The lowest BCUT2D eigenvalue weighted by molar-refractivity contribution is 0.202. The highest BCUT2D eigenvalue weighted by Crippen LogP contribution is 2.54. The second kappa shape index (κ2) is 5.07. The van der Waals surface area contributed by atoms with Crippen molar-refractivity contribution in [2.45, 2.75) is 65.7 Å². The Morgan fingerprint density at radius 2 is 1.56 bits per heavy atom. The fraction of sp³-hybridized carbons (Fsp3) is 0.667. The van der Waals surface area contributed by atoms with Crippen LogP contribution in [0.15, 0.2) is 35.5 Å². The van der Waals surface area contributed by atoms with Crippen LogP contribution in [0.25, 0.3) is 0 Å². The minimum atomic E-state index is 0.563. The standard InChI is InChI=1S/C18H28/c1-13(2)15(5)17-12-18(9-7-6-8-10-18)11-16(17)14(3)4/h13H,3,5-12H2,1-2,4H3. The van der Waals surface area contributed by atoms with Crippen LogP contribution in [0.2, 0.25) is 0 Å². The molecule has 2 aliphatic carbocycles. The van der Waals surface area contributed by atoms with Crippen molar-refractivity contribution in [2.75, 3.05) is 0 Å². The molecule has 0 aromatic carbocycles. The van der Waals surface area contributed by atoms with Gasteiger partial charge in [-0.3, -0.25) is 0 Å². The maximum atomic E-state index is 4.35. The van der Waals surface area contributed by atoms with Gasteiger partial charge in [-0.15, -0.1) is 0 Å². The van der Waals surface area contributed by atoms with Crippen molar-refractivity contribution < 1.29 is 0 Å². The van der Waals surface area contributed by atoms with Crippen molar-refractivity contribution in [3.63, 3.8) is 0 Å². The molecule has 0 aliphatic heterocycles. The van der Waals surface area contributed by atoms with Crippen LogP contribution in [-0.4, -0.2) is 0 Å². The molecule has 18 heavy (non-hydrogen) atoms. The molecule has 0 heterocycles. The van der Waals surface area contributed by atoms with Crippen LogP contribution in [-0.2, 0) is 0 Å². The highest BCUT2D eigenvalue weighted by atomic mass is 14.4. The summed E-state index contributed by atoms with van der Waals surface area (Å²) in [5.41, 5.74) is 6.29. The fourth-order valence-corrected chi connectivity index (χ4v) is 3.75. The van der Waals surface area contributed by atoms with E-state index in [1.165, 1.54) is 61.7 Å². The predicted octanol–water partition coefficient (Wildman–Crippen LogP) is 5.82. The number of hydrogen-bond donors (Lipinski definition) is 0. The second-order valence-electron chi connectivity index (χ2n) is 6.83. The molecule has 1 fully saturated rings. The van der Waals surface area contributed by atoms with E-state index in [9.17, 15) is 0 Å². The van der Waals surface area contributed by atoms with Gasteiger partial charge in [0.2, 0.25) is 0 Å². The van der Waals surface area contributed by atoms with Crippen LogP contribution in [0, 0.1) is 11.3 Å². The third kappa shape index (κ3) is 2.48. The summed E-state index contributed by atoms with van der Waals surface area (Å²) in [6.07, 6.45) is 9.65. The van der Waals surface area contributed by atoms with Crippen LogP contribution >= 0.6 is 0 Å². The predicted molar refractivity (Wildman–Crippen MR) is 80.6 cm³/mol. The Morgan fingerprint density at radius 3 is 2.06 bits per heavy atom. The van der Waals surface area contributed by atoms with Gasteiger partial charge in [-0.05, 0) is 60.7 Å². The molecule has 0 amide bonds. The van der Waals surface area contributed by atoms with Crippen LogP contribution in [0.1, 0.15) is 65.7 Å². The maximum Gasteiger partial charge on any atom is -0.0213 e. The average Bonchev–Trinajstić information content (AvgIpc) is 2.68. The topological polar surface area (TPSA) is 0 Å². The molecule has 1 spiro atoms. The van der Waals surface area contributed by atoms with E-state index in [0.29, 0.717) is 11.3 Å². The molecule has 0 aromatic rings. The van der Waals surface area contributed by atoms with Crippen molar-refractivity contribution in [1.29, 1.82) is 0 Å². The van der Waals surface area contributed by atoms with E-state index in [-0.39, 0.29) is 0 Å². The molecule has 0 aromatic heterocycles. The molecule has 0 bridgehead atoms. The molecule has 0 radical (unpaired) electrons. The lowest BCUT2D eigenvalue weighted by atomic mass is 9.71. The molecular weight excluding hydrogens is 216 g/mol. The molecule has 0 unspecified atom stereocenters. The minimum Gasteiger partial charge on any atom is -0.0958 e. The molecule has 1 saturated carbocycles. The van der Waals surface area contributed by atoms with Crippen LogP contribution < -0.4 is 0 Å². The van der Waals surface area contributed by atoms with Gasteiger partial charge in [0.25, 0.3) is 0 Å². The molecule has 0 atom stereocenters. The summed E-state index contributed by atoms with van der Waals surface area (Å²) >= 11 is 0. The van der Waals surface area contributed by atoms with Crippen LogP contribution in [0.4, 0.5) is 0 Å². The van der Waals surface area contributed by atoms with Gasteiger partial charge in [-0.1, -0.05) is 51.8 Å². The molecule has 0 heteroatoms. The Kier molecular flexibility index (Phi) is 3.84. The molecule has 0 saturated heterocycles. The summed E-state index contributed by atoms with van der Waals surface area (Å²) < 4.78 is 0. The Balaban J connectivity index is 2.26. The van der Waals surface area contributed by atoms with Crippen molar-refractivity contribution >= 4 is 0 Å². The Bertz CT molecular complexity index is 386. The molecule has 0 N–H and O–H groups in total. The van der Waals surface area contributed by atoms with Gasteiger partial charge in [-0.25, -0.2) is 0 Å². The van der Waals surface area contributed by atoms with E-state index < -0.39 is 0 Å². The van der Waals surface area contributed by atoms with E-state index in [0.717, 1.165) is 0 Å². The first-order valence-electron chi connectivity index (χ1n) is 7.52. The van der Waals surface area contributed by atoms with E-state index in [1.807, 2.05) is 0 Å². The molecule has 2 rings (SSSR count). The summed E-state index contributed by atoms with van der Waals surface area (Å²) in [7, 11) is 0. The smallest absolute Gasteiger partial charge is 0.0213 e. The first-order valence-corrected chi connectivity index (χ1v) is 7.52. The molecule has 0 nitrogen and oxygen atoms in total. The van der Waals surface area contributed by atoms with Gasteiger partial charge >= 0.3 is 0 Å². The van der Waals surface area contributed by atoms with E-state index >= 15 is 0 Å². The Hall–Kier alpha value is -0.780. The van der Waals surface area contributed by atoms with Crippen molar-refractivity contribution in [1.82, 2.24) is 0 Å². The molecule has 100 valence electrons. The van der Waals surface area contributed by atoms with Crippen LogP contribution in [0.3, 0.4) is 0 Å². The fourth-order valence-electron chi connectivity index (χ4n) is 3.75. The lowest BCUT2D eigenvalue weighted by Gasteiger charge is -2.34. The van der Waals surface area contributed by atoms with Gasteiger partial charge in [0.05, 0.1) is 0 Å². The second-order valence-corrected chi connectivity index (χ2v) is 6.83. The zero-order valence-corrected chi connectivity index (χ0v) is 12.4. The Labute approximate surface area is 113 Å². The quantitative estimate of drug-likeness (QED) is 0.587. The number of allylic oxidation sites excluding steroid dienone is 4. The van der Waals surface area contributed by atoms with Crippen molar-refractivity contribution in [2.24, 2.45) is 11.3 Å². The van der Waals surface area contributed by atoms with Crippen molar-refractivity contribution in [3.8, 4) is 0 Å². The monoisotopic (exact) mass is 244 g/mol. The minimum absolute atomic E-state index is 0.563. The SMILES string of the molecule is C=C(C)C1=C(C(=C)C(C)C)CC2(CCCCC2)C1. The summed E-state index contributed by atoms with van der Waals surface area (Å²) in [5.74, 6) is 0.563. The number of hydrogen-bond acceptors (Lipinski definition) is 0. The maximum absolute atomic E-state index is 4.35. The van der Waals surface area contributed by atoms with Gasteiger partial charge in [0.1, 0.15) is 0 Å². The Morgan fingerprint density at radius 1 is 1.00 bits per heavy atom. The van der Waals surface area contributed by atoms with E-state index in [1.54, 1.807) is 5.57 Å². The summed E-state index contributed by atoms with van der Waals surface area (Å²) in [5, 5.41) is 0. The molecule has 2 aliphatic rings. The number of rotatable bonds is 3. The van der Waals surface area contributed by atoms with Gasteiger partial charge in [0, 0.05) is 0 Å². The largest absolute Gasteiger partial charge is 0.0958 e. The van der Waals surface area contributed by atoms with Crippen LogP contribution in [0.5, 0.6) is 0 Å². The van der Waals surface area contributed by atoms with Crippen molar-refractivity contribution in [3.05, 3.63) is 35.5 Å². The average molecular weight is 244 g/mol. The summed E-state index contributed by atoms with van der Waals surface area (Å²) in [6.45, 7) is 15.2. The van der Waals surface area contributed by atoms with Gasteiger partial charge in [-0.2, -0.15) is 0 Å². The van der Waals surface area contributed by atoms with E-state index in [4.69, 9.17) is 0 Å². The zero-order valence-electron chi connectivity index (χ0n) is 12.4. The highest BCUT2D eigenvalue weighted by Gasteiger charge is 2.40. The highest BCUT2D eigenvalue weighted by molar-refractivity contribution is 5.47. The third-order valence-electron chi connectivity index (χ3n) is 4.98. The van der Waals surface area contributed by atoms with Gasteiger partial charge < -0.3 is 0 Å².